The maximum atomic E-state index is 12.8. The Hall–Kier alpha value is -2.28. The molecule has 0 bridgehead atoms. The normalized spacial score (nSPS) is 13.0. The van der Waals surface area contributed by atoms with Crippen molar-refractivity contribution in [2.75, 3.05) is 17.6 Å². The SMILES string of the molecule is Nc1ccc(C(O)CNc2ncccc2C(F)(F)F)cc1. The number of alkyl halides is 3. The number of nitrogens with one attached hydrogen (secondary N) is 1. The first-order valence-electron chi connectivity index (χ1n) is 6.17. The van der Waals surface area contributed by atoms with Gasteiger partial charge in [0.1, 0.15) is 5.82 Å². The number of aromatic nitrogens is 1. The number of nitrogens with zero attached hydrogens (tertiary/aromatic N) is 1. The lowest BCUT2D eigenvalue weighted by atomic mass is 10.1. The minimum Gasteiger partial charge on any atom is -0.399 e. The molecule has 0 saturated heterocycles. The third-order valence-electron chi connectivity index (χ3n) is 2.90. The van der Waals surface area contributed by atoms with Crippen LogP contribution < -0.4 is 11.1 Å². The highest BCUT2D eigenvalue weighted by molar-refractivity contribution is 5.46. The Balaban J connectivity index is 2.08. The molecule has 0 fully saturated rings. The van der Waals surface area contributed by atoms with E-state index >= 15 is 0 Å². The summed E-state index contributed by atoms with van der Waals surface area (Å²) in [6.07, 6.45) is -4.20. The van der Waals surface area contributed by atoms with Crippen LogP contribution in [-0.2, 0) is 6.18 Å². The molecule has 0 spiro atoms. The number of anilines is 2. The van der Waals surface area contributed by atoms with Crippen molar-refractivity contribution in [1.29, 1.82) is 0 Å². The number of rotatable bonds is 4. The molecule has 1 heterocycles. The molecule has 0 amide bonds. The first-order chi connectivity index (χ1) is 9.88. The van der Waals surface area contributed by atoms with Gasteiger partial charge in [-0.2, -0.15) is 13.2 Å². The summed E-state index contributed by atoms with van der Waals surface area (Å²) in [5.74, 6) is -0.306. The molecule has 0 aliphatic heterocycles. The average molecular weight is 297 g/mol. The van der Waals surface area contributed by atoms with Gasteiger partial charge in [-0.15, -0.1) is 0 Å². The van der Waals surface area contributed by atoms with Crippen molar-refractivity contribution in [1.82, 2.24) is 4.98 Å². The van der Waals surface area contributed by atoms with Crippen LogP contribution in [0.1, 0.15) is 17.2 Å². The zero-order valence-electron chi connectivity index (χ0n) is 10.9. The van der Waals surface area contributed by atoms with Gasteiger partial charge < -0.3 is 16.2 Å². The largest absolute Gasteiger partial charge is 0.419 e. The van der Waals surface area contributed by atoms with Crippen LogP contribution in [0.25, 0.3) is 0 Å². The van der Waals surface area contributed by atoms with Crippen LogP contribution in [0.4, 0.5) is 24.7 Å². The summed E-state index contributed by atoms with van der Waals surface area (Å²) in [5, 5.41) is 12.5. The molecule has 0 aliphatic rings. The second-order valence-corrected chi connectivity index (χ2v) is 4.46. The van der Waals surface area contributed by atoms with Crippen LogP contribution in [0, 0.1) is 0 Å². The van der Waals surface area contributed by atoms with Gasteiger partial charge in [0.05, 0.1) is 11.7 Å². The summed E-state index contributed by atoms with van der Waals surface area (Å²) < 4.78 is 38.4. The van der Waals surface area contributed by atoms with Crippen molar-refractivity contribution in [3.63, 3.8) is 0 Å². The molecule has 1 aromatic heterocycles. The van der Waals surface area contributed by atoms with E-state index in [1.807, 2.05) is 0 Å². The zero-order valence-corrected chi connectivity index (χ0v) is 10.9. The van der Waals surface area contributed by atoms with Crippen LogP contribution in [0.15, 0.2) is 42.6 Å². The third-order valence-corrected chi connectivity index (χ3v) is 2.90. The van der Waals surface area contributed by atoms with E-state index in [4.69, 9.17) is 5.73 Å². The lowest BCUT2D eigenvalue weighted by molar-refractivity contribution is -0.137. The summed E-state index contributed by atoms with van der Waals surface area (Å²) in [4.78, 5) is 3.66. The van der Waals surface area contributed by atoms with Crippen molar-refractivity contribution in [3.05, 3.63) is 53.7 Å². The third kappa shape index (κ3) is 3.85. The Morgan fingerprint density at radius 3 is 2.48 bits per heavy atom. The summed E-state index contributed by atoms with van der Waals surface area (Å²) in [7, 11) is 0. The molecular weight excluding hydrogens is 283 g/mol. The van der Waals surface area contributed by atoms with Gasteiger partial charge in [-0.05, 0) is 29.8 Å². The molecule has 2 rings (SSSR count). The van der Waals surface area contributed by atoms with Gasteiger partial charge >= 0.3 is 6.18 Å². The van der Waals surface area contributed by atoms with Crippen molar-refractivity contribution in [3.8, 4) is 0 Å². The lowest BCUT2D eigenvalue weighted by Crippen LogP contribution is -2.17. The molecule has 21 heavy (non-hydrogen) atoms. The van der Waals surface area contributed by atoms with E-state index in [0.717, 1.165) is 6.07 Å². The summed E-state index contributed by atoms with van der Waals surface area (Å²) in [6, 6.07) is 8.60. The first kappa shape index (κ1) is 15.1. The molecule has 1 aromatic carbocycles. The van der Waals surface area contributed by atoms with Gasteiger partial charge in [-0.3, -0.25) is 0 Å². The molecule has 4 N–H and O–H groups in total. The zero-order chi connectivity index (χ0) is 15.5. The first-order valence-corrected chi connectivity index (χ1v) is 6.17. The highest BCUT2D eigenvalue weighted by Crippen LogP contribution is 2.33. The van der Waals surface area contributed by atoms with E-state index in [9.17, 15) is 18.3 Å². The van der Waals surface area contributed by atoms with Crippen LogP contribution in [0.2, 0.25) is 0 Å². The summed E-state index contributed by atoms with van der Waals surface area (Å²) in [6.45, 7) is -0.0932. The number of hydrogen-bond donors (Lipinski definition) is 3. The molecular formula is C14H14F3N3O. The molecule has 0 aliphatic carbocycles. The predicted octanol–water partition coefficient (Wildman–Crippen LogP) is 2.83. The fourth-order valence-corrected chi connectivity index (χ4v) is 1.80. The fraction of sp³-hybridized carbons (Fsp3) is 0.214. The molecule has 0 radical (unpaired) electrons. The highest BCUT2D eigenvalue weighted by atomic mass is 19.4. The molecule has 112 valence electrons. The summed E-state index contributed by atoms with van der Waals surface area (Å²) in [5.41, 5.74) is 5.76. The van der Waals surface area contributed by atoms with Gasteiger partial charge in [0.25, 0.3) is 0 Å². The number of nitrogen functional groups attached to an aromatic ring is 1. The van der Waals surface area contributed by atoms with Crippen LogP contribution in [0.3, 0.4) is 0 Å². The lowest BCUT2D eigenvalue weighted by Gasteiger charge is -2.16. The van der Waals surface area contributed by atoms with E-state index in [2.05, 4.69) is 10.3 Å². The summed E-state index contributed by atoms with van der Waals surface area (Å²) >= 11 is 0. The smallest absolute Gasteiger partial charge is 0.399 e. The van der Waals surface area contributed by atoms with Gasteiger partial charge in [0.2, 0.25) is 0 Å². The number of halogens is 3. The molecule has 4 nitrogen and oxygen atoms in total. The second kappa shape index (κ2) is 6.01. The quantitative estimate of drug-likeness (QED) is 0.759. The van der Waals surface area contributed by atoms with Gasteiger partial charge in [-0.1, -0.05) is 12.1 Å². The Kier molecular flexibility index (Phi) is 4.32. The number of pyridine rings is 1. The van der Waals surface area contributed by atoms with Crippen molar-refractivity contribution >= 4 is 11.5 Å². The number of nitrogens with two attached hydrogens (primary N) is 1. The van der Waals surface area contributed by atoms with Gasteiger partial charge in [0.15, 0.2) is 0 Å². The standard InChI is InChI=1S/C14H14F3N3O/c15-14(16,17)11-2-1-7-19-13(11)20-8-12(21)9-3-5-10(18)6-4-9/h1-7,12,21H,8,18H2,(H,19,20). The number of benzene rings is 1. The van der Waals surface area contributed by atoms with E-state index in [0.29, 0.717) is 11.3 Å². The maximum Gasteiger partial charge on any atom is 0.419 e. The minimum absolute atomic E-state index is 0.0932. The Morgan fingerprint density at radius 1 is 1.19 bits per heavy atom. The van der Waals surface area contributed by atoms with Gasteiger partial charge in [-0.25, -0.2) is 4.98 Å². The van der Waals surface area contributed by atoms with E-state index in [1.165, 1.54) is 12.3 Å². The Bertz CT molecular complexity index is 599. The maximum absolute atomic E-state index is 12.8. The van der Waals surface area contributed by atoms with Crippen LogP contribution in [-0.4, -0.2) is 16.6 Å². The van der Waals surface area contributed by atoms with E-state index < -0.39 is 17.8 Å². The van der Waals surface area contributed by atoms with E-state index in [-0.39, 0.29) is 12.4 Å². The molecule has 1 unspecified atom stereocenters. The highest BCUT2D eigenvalue weighted by Gasteiger charge is 2.34. The fourth-order valence-electron chi connectivity index (χ4n) is 1.80. The minimum atomic E-state index is -4.50. The molecule has 2 aromatic rings. The molecule has 0 saturated carbocycles. The van der Waals surface area contributed by atoms with E-state index in [1.54, 1.807) is 24.3 Å². The number of aliphatic hydroxyl groups excluding tert-OH is 1. The number of aliphatic hydroxyl groups is 1. The van der Waals surface area contributed by atoms with Crippen molar-refractivity contribution < 1.29 is 18.3 Å². The average Bonchev–Trinajstić information content (AvgIpc) is 2.45. The monoisotopic (exact) mass is 297 g/mol. The van der Waals surface area contributed by atoms with Crippen LogP contribution >= 0.6 is 0 Å². The topological polar surface area (TPSA) is 71.2 Å². The second-order valence-electron chi connectivity index (χ2n) is 4.46. The molecule has 1 atom stereocenters. The molecule has 7 heteroatoms. The van der Waals surface area contributed by atoms with Crippen molar-refractivity contribution in [2.45, 2.75) is 12.3 Å². The predicted molar refractivity (Wildman–Crippen MR) is 73.5 cm³/mol. The van der Waals surface area contributed by atoms with Gasteiger partial charge in [0, 0.05) is 18.4 Å². The van der Waals surface area contributed by atoms with Crippen LogP contribution in [0.5, 0.6) is 0 Å². The Morgan fingerprint density at radius 2 is 1.86 bits per heavy atom. The number of hydrogen-bond acceptors (Lipinski definition) is 4. The Labute approximate surface area is 119 Å². The van der Waals surface area contributed by atoms with Crippen molar-refractivity contribution in [2.24, 2.45) is 0 Å².